The smallest absolute Gasteiger partial charge is 0.0237 e. The number of benzene rings is 1. The summed E-state index contributed by atoms with van der Waals surface area (Å²) in [5.41, 5.74) is 4.29. The van der Waals surface area contributed by atoms with Crippen LogP contribution < -0.4 is 5.32 Å². The van der Waals surface area contributed by atoms with Gasteiger partial charge < -0.3 is 5.32 Å². The van der Waals surface area contributed by atoms with E-state index in [0.717, 1.165) is 12.5 Å². The first-order valence-corrected chi connectivity index (χ1v) is 8.06. The molecule has 0 aromatic heterocycles. The number of nitrogens with zero attached hydrogens (tertiary/aromatic N) is 1. The molecule has 1 N–H and O–H groups in total. The summed E-state index contributed by atoms with van der Waals surface area (Å²) < 4.78 is 0. The lowest BCUT2D eigenvalue weighted by Crippen LogP contribution is -2.38. The summed E-state index contributed by atoms with van der Waals surface area (Å²) in [6.45, 7) is 13.7. The molecule has 0 aliphatic carbocycles. The van der Waals surface area contributed by atoms with Crippen LogP contribution >= 0.6 is 0 Å². The second-order valence-electron chi connectivity index (χ2n) is 6.80. The monoisotopic (exact) mass is 274 g/mol. The van der Waals surface area contributed by atoms with Crippen molar-refractivity contribution in [2.45, 2.75) is 53.1 Å². The molecule has 0 radical (unpaired) electrons. The summed E-state index contributed by atoms with van der Waals surface area (Å²) in [7, 11) is 0. The van der Waals surface area contributed by atoms with Gasteiger partial charge in [0.15, 0.2) is 0 Å². The van der Waals surface area contributed by atoms with E-state index in [-0.39, 0.29) is 0 Å². The molecule has 2 heteroatoms. The number of aryl methyl sites for hydroxylation is 2. The Bertz CT molecular complexity index is 425. The van der Waals surface area contributed by atoms with E-state index >= 15 is 0 Å². The van der Waals surface area contributed by atoms with Gasteiger partial charge in [0.25, 0.3) is 0 Å². The van der Waals surface area contributed by atoms with E-state index in [1.807, 2.05) is 0 Å². The van der Waals surface area contributed by atoms with Gasteiger partial charge in [0.1, 0.15) is 0 Å². The maximum absolute atomic E-state index is 3.71. The molecule has 2 rings (SSSR count). The lowest BCUT2D eigenvalue weighted by Gasteiger charge is -2.26. The van der Waals surface area contributed by atoms with Gasteiger partial charge in [-0.1, -0.05) is 37.6 Å². The highest BCUT2D eigenvalue weighted by Gasteiger charge is 2.19. The maximum Gasteiger partial charge on any atom is 0.0237 e. The molecule has 0 spiro atoms. The molecule has 1 unspecified atom stereocenters. The average Bonchev–Trinajstić information content (AvgIpc) is 2.58. The predicted molar refractivity (Wildman–Crippen MR) is 87.1 cm³/mol. The highest BCUT2D eigenvalue weighted by molar-refractivity contribution is 5.30. The first-order chi connectivity index (χ1) is 9.54. The molecular weight excluding hydrogens is 244 g/mol. The van der Waals surface area contributed by atoms with Gasteiger partial charge in [-0.3, -0.25) is 4.90 Å². The Hall–Kier alpha value is -0.860. The highest BCUT2D eigenvalue weighted by Crippen LogP contribution is 2.16. The standard InChI is InChI=1S/C18H30N2/c1-14(2)10-18-13-20(9-5-8-19-18)12-17-11-15(3)6-7-16(17)4/h6-7,11,14,18-19H,5,8-10,12-13H2,1-4H3. The van der Waals surface area contributed by atoms with Crippen molar-refractivity contribution >= 4 is 0 Å². The fourth-order valence-corrected chi connectivity index (χ4v) is 3.16. The predicted octanol–water partition coefficient (Wildman–Crippen LogP) is 3.51. The third-order valence-corrected chi connectivity index (χ3v) is 4.22. The van der Waals surface area contributed by atoms with Crippen LogP contribution in [0.3, 0.4) is 0 Å². The summed E-state index contributed by atoms with van der Waals surface area (Å²) in [4.78, 5) is 2.63. The molecule has 1 fully saturated rings. The van der Waals surface area contributed by atoms with Crippen molar-refractivity contribution in [3.05, 3.63) is 34.9 Å². The minimum absolute atomic E-state index is 0.655. The minimum atomic E-state index is 0.655. The van der Waals surface area contributed by atoms with E-state index in [9.17, 15) is 0 Å². The Kier molecular flexibility index (Phi) is 5.62. The number of hydrogen-bond acceptors (Lipinski definition) is 2. The second-order valence-corrected chi connectivity index (χ2v) is 6.80. The van der Waals surface area contributed by atoms with E-state index in [4.69, 9.17) is 0 Å². The van der Waals surface area contributed by atoms with Crippen molar-refractivity contribution in [3.8, 4) is 0 Å². The van der Waals surface area contributed by atoms with Crippen molar-refractivity contribution in [2.24, 2.45) is 5.92 Å². The summed E-state index contributed by atoms with van der Waals surface area (Å²) in [5.74, 6) is 0.771. The Labute approximate surface area is 124 Å². The normalized spacial score (nSPS) is 21.1. The Morgan fingerprint density at radius 1 is 1.30 bits per heavy atom. The van der Waals surface area contributed by atoms with Crippen LogP contribution in [-0.2, 0) is 6.54 Å². The molecule has 112 valence electrons. The van der Waals surface area contributed by atoms with Crippen LogP contribution in [0.25, 0.3) is 0 Å². The van der Waals surface area contributed by atoms with Gasteiger partial charge >= 0.3 is 0 Å². The molecule has 0 bridgehead atoms. The number of hydrogen-bond donors (Lipinski definition) is 1. The van der Waals surface area contributed by atoms with Crippen LogP contribution in [0.1, 0.15) is 43.4 Å². The van der Waals surface area contributed by atoms with Gasteiger partial charge in [-0.15, -0.1) is 0 Å². The highest BCUT2D eigenvalue weighted by atomic mass is 15.2. The van der Waals surface area contributed by atoms with E-state index < -0.39 is 0 Å². The van der Waals surface area contributed by atoms with Crippen molar-refractivity contribution in [1.29, 1.82) is 0 Å². The van der Waals surface area contributed by atoms with Crippen LogP contribution in [0.5, 0.6) is 0 Å². The Morgan fingerprint density at radius 3 is 2.85 bits per heavy atom. The third-order valence-electron chi connectivity index (χ3n) is 4.22. The summed E-state index contributed by atoms with van der Waals surface area (Å²) in [6, 6.07) is 7.48. The fraction of sp³-hybridized carbons (Fsp3) is 0.667. The Morgan fingerprint density at radius 2 is 2.10 bits per heavy atom. The fourth-order valence-electron chi connectivity index (χ4n) is 3.16. The van der Waals surface area contributed by atoms with Crippen molar-refractivity contribution in [1.82, 2.24) is 10.2 Å². The van der Waals surface area contributed by atoms with Crippen LogP contribution in [0.2, 0.25) is 0 Å². The van der Waals surface area contributed by atoms with Crippen LogP contribution in [0.15, 0.2) is 18.2 Å². The van der Waals surface area contributed by atoms with Gasteiger partial charge in [0.2, 0.25) is 0 Å². The first-order valence-electron chi connectivity index (χ1n) is 8.06. The van der Waals surface area contributed by atoms with Gasteiger partial charge in [-0.2, -0.15) is 0 Å². The average molecular weight is 274 g/mol. The Balaban J connectivity index is 2.01. The lowest BCUT2D eigenvalue weighted by atomic mass is 10.0. The van der Waals surface area contributed by atoms with E-state index in [2.05, 4.69) is 56.1 Å². The van der Waals surface area contributed by atoms with Crippen molar-refractivity contribution < 1.29 is 0 Å². The SMILES string of the molecule is Cc1ccc(C)c(CN2CCCNC(CC(C)C)C2)c1. The first kappa shape index (κ1) is 15.5. The largest absolute Gasteiger partial charge is 0.313 e. The zero-order valence-corrected chi connectivity index (χ0v) is 13.6. The quantitative estimate of drug-likeness (QED) is 0.904. The van der Waals surface area contributed by atoms with Gasteiger partial charge in [-0.05, 0) is 56.8 Å². The molecule has 0 saturated carbocycles. The molecule has 20 heavy (non-hydrogen) atoms. The van der Waals surface area contributed by atoms with Crippen LogP contribution in [-0.4, -0.2) is 30.6 Å². The molecule has 1 aromatic rings. The summed E-state index contributed by atoms with van der Waals surface area (Å²) >= 11 is 0. The molecule has 1 saturated heterocycles. The van der Waals surface area contributed by atoms with E-state index in [0.29, 0.717) is 6.04 Å². The van der Waals surface area contributed by atoms with Crippen molar-refractivity contribution in [3.63, 3.8) is 0 Å². The molecular formula is C18H30N2. The third kappa shape index (κ3) is 4.60. The van der Waals surface area contributed by atoms with Gasteiger partial charge in [0, 0.05) is 19.1 Å². The van der Waals surface area contributed by atoms with Crippen molar-refractivity contribution in [2.75, 3.05) is 19.6 Å². The van der Waals surface area contributed by atoms with Gasteiger partial charge in [-0.25, -0.2) is 0 Å². The molecule has 1 aromatic carbocycles. The number of rotatable bonds is 4. The van der Waals surface area contributed by atoms with Crippen LogP contribution in [0, 0.1) is 19.8 Å². The molecule has 2 nitrogen and oxygen atoms in total. The summed E-state index contributed by atoms with van der Waals surface area (Å²) in [6.07, 6.45) is 2.54. The maximum atomic E-state index is 3.71. The zero-order chi connectivity index (χ0) is 14.5. The molecule has 1 atom stereocenters. The topological polar surface area (TPSA) is 15.3 Å². The molecule has 1 aliphatic rings. The minimum Gasteiger partial charge on any atom is -0.313 e. The second kappa shape index (κ2) is 7.24. The molecule has 1 aliphatic heterocycles. The van der Waals surface area contributed by atoms with Crippen LogP contribution in [0.4, 0.5) is 0 Å². The zero-order valence-electron chi connectivity index (χ0n) is 13.6. The van der Waals surface area contributed by atoms with Gasteiger partial charge in [0.05, 0.1) is 0 Å². The number of nitrogens with one attached hydrogen (secondary N) is 1. The molecule has 1 heterocycles. The van der Waals surface area contributed by atoms with E-state index in [1.54, 1.807) is 0 Å². The summed E-state index contributed by atoms with van der Waals surface area (Å²) in [5, 5.41) is 3.71. The lowest BCUT2D eigenvalue weighted by molar-refractivity contribution is 0.247. The molecule has 0 amide bonds. The van der Waals surface area contributed by atoms with E-state index in [1.165, 1.54) is 49.2 Å².